The number of aliphatic hydroxyl groups excluding tert-OH is 1. The fourth-order valence-corrected chi connectivity index (χ4v) is 2.63. The minimum atomic E-state index is -0.622. The molecule has 0 saturated heterocycles. The lowest BCUT2D eigenvalue weighted by Crippen LogP contribution is -2.34. The first-order valence-electron chi connectivity index (χ1n) is 8.03. The van der Waals surface area contributed by atoms with Crippen LogP contribution in [0.4, 0.5) is 10.1 Å². The van der Waals surface area contributed by atoms with E-state index >= 15 is 0 Å². The summed E-state index contributed by atoms with van der Waals surface area (Å²) in [5.41, 5.74) is 0.300. The third-order valence-electron chi connectivity index (χ3n) is 3.72. The highest BCUT2D eigenvalue weighted by atomic mass is 35.5. The van der Waals surface area contributed by atoms with Crippen LogP contribution in [0.5, 0.6) is 5.75 Å². The molecule has 142 valence electrons. The van der Waals surface area contributed by atoms with Crippen molar-refractivity contribution in [3.05, 3.63) is 53.2 Å². The molecule has 8 nitrogen and oxygen atoms in total. The van der Waals surface area contributed by atoms with E-state index in [1.165, 1.54) is 18.3 Å². The van der Waals surface area contributed by atoms with Gasteiger partial charge in [0.2, 0.25) is 0 Å². The normalized spacial score (nSPS) is 13.9. The largest absolute Gasteiger partial charge is 0.489 e. The molecule has 0 saturated carbocycles. The van der Waals surface area contributed by atoms with Crippen LogP contribution >= 0.6 is 11.6 Å². The maximum Gasteiger partial charge on any atom is 0.277 e. The number of rotatable bonds is 8. The molecule has 0 bridgehead atoms. The van der Waals surface area contributed by atoms with Crippen LogP contribution in [0.25, 0.3) is 0 Å². The summed E-state index contributed by atoms with van der Waals surface area (Å²) in [4.78, 5) is 24.7. The zero-order valence-electron chi connectivity index (χ0n) is 14.1. The Hall–Kier alpha value is -2.91. The van der Waals surface area contributed by atoms with Crippen LogP contribution in [-0.4, -0.2) is 51.4 Å². The van der Waals surface area contributed by atoms with Crippen molar-refractivity contribution in [1.82, 2.24) is 14.7 Å². The molecular weight excluding hydrogens is 379 g/mol. The van der Waals surface area contributed by atoms with E-state index < -0.39 is 17.6 Å². The van der Waals surface area contributed by atoms with Gasteiger partial charge in [0.05, 0.1) is 30.9 Å². The topological polar surface area (TPSA) is 96.7 Å². The standard InChI is InChI=1S/C17H16ClFN4O4/c18-11-9-20-22(10-11)4-6-27-15-2-1-12(7-13(15)19)21-14-8-16(25)23(3-5-24)17(14)26/h1-2,7-10,21,24H,3-6H2. The molecule has 2 N–H and O–H groups in total. The maximum absolute atomic E-state index is 14.2. The van der Waals surface area contributed by atoms with Gasteiger partial charge in [-0.1, -0.05) is 11.6 Å². The number of β-amino-alcohol motifs (C(OH)–C–C–N with tert-alkyl or cyclic N) is 1. The van der Waals surface area contributed by atoms with Crippen molar-refractivity contribution in [3.8, 4) is 5.75 Å². The van der Waals surface area contributed by atoms with Crippen molar-refractivity contribution < 1.29 is 23.8 Å². The SMILES string of the molecule is O=C1C=C(Nc2ccc(OCCn3cc(Cl)cn3)c(F)c2)C(=O)N1CCO. The van der Waals surface area contributed by atoms with Gasteiger partial charge in [-0.2, -0.15) is 5.10 Å². The number of ether oxygens (including phenoxy) is 1. The quantitative estimate of drug-likeness (QED) is 0.657. The summed E-state index contributed by atoms with van der Waals surface area (Å²) in [6.07, 6.45) is 4.23. The zero-order valence-corrected chi connectivity index (χ0v) is 14.8. The van der Waals surface area contributed by atoms with Gasteiger partial charge < -0.3 is 15.2 Å². The number of aromatic nitrogens is 2. The van der Waals surface area contributed by atoms with Crippen molar-refractivity contribution in [3.63, 3.8) is 0 Å². The van der Waals surface area contributed by atoms with Gasteiger partial charge in [-0.05, 0) is 12.1 Å². The number of carbonyl (C=O) groups excluding carboxylic acids is 2. The van der Waals surface area contributed by atoms with E-state index in [9.17, 15) is 14.0 Å². The molecule has 1 aliphatic rings. The molecule has 0 atom stereocenters. The molecule has 0 fully saturated rings. The summed E-state index contributed by atoms with van der Waals surface area (Å²) < 4.78 is 21.2. The minimum absolute atomic E-state index is 0.0112. The van der Waals surface area contributed by atoms with Gasteiger partial charge in [0, 0.05) is 24.0 Å². The van der Waals surface area contributed by atoms with E-state index in [1.807, 2.05) is 0 Å². The number of hydrogen-bond acceptors (Lipinski definition) is 6. The van der Waals surface area contributed by atoms with Gasteiger partial charge in [0.25, 0.3) is 11.8 Å². The molecule has 10 heteroatoms. The average Bonchev–Trinajstić information content (AvgIpc) is 3.15. The highest BCUT2D eigenvalue weighted by Gasteiger charge is 2.30. The molecule has 2 aromatic rings. The Morgan fingerprint density at radius 3 is 2.78 bits per heavy atom. The van der Waals surface area contributed by atoms with Crippen molar-refractivity contribution in [2.24, 2.45) is 0 Å². The van der Waals surface area contributed by atoms with Crippen LogP contribution in [-0.2, 0) is 16.1 Å². The first-order chi connectivity index (χ1) is 13.0. The Morgan fingerprint density at radius 2 is 2.11 bits per heavy atom. The molecule has 0 spiro atoms. The average molecular weight is 395 g/mol. The van der Waals surface area contributed by atoms with Crippen molar-refractivity contribution in [2.75, 3.05) is 25.1 Å². The Bertz CT molecular complexity index is 899. The fourth-order valence-electron chi connectivity index (χ4n) is 2.47. The number of nitrogens with zero attached hydrogens (tertiary/aromatic N) is 3. The summed E-state index contributed by atoms with van der Waals surface area (Å²) in [6.45, 7) is 0.165. The molecule has 1 aliphatic heterocycles. The smallest absolute Gasteiger partial charge is 0.277 e. The Kier molecular flexibility index (Phi) is 5.72. The third kappa shape index (κ3) is 4.44. The Balaban J connectivity index is 1.59. The molecule has 0 unspecified atom stereocenters. The number of imide groups is 1. The number of anilines is 1. The number of aliphatic hydroxyl groups is 1. The second-order valence-corrected chi connectivity index (χ2v) is 6.05. The van der Waals surface area contributed by atoms with Crippen LogP contribution < -0.4 is 10.1 Å². The summed E-state index contributed by atoms with van der Waals surface area (Å²) in [7, 11) is 0. The number of amides is 2. The molecule has 0 aliphatic carbocycles. The van der Waals surface area contributed by atoms with Crippen LogP contribution in [0.3, 0.4) is 0 Å². The van der Waals surface area contributed by atoms with E-state index in [0.29, 0.717) is 11.6 Å². The van der Waals surface area contributed by atoms with E-state index in [2.05, 4.69) is 10.4 Å². The van der Waals surface area contributed by atoms with Crippen LogP contribution in [0.2, 0.25) is 5.02 Å². The summed E-state index contributed by atoms with van der Waals surface area (Å²) >= 11 is 5.76. The molecule has 0 radical (unpaired) electrons. The van der Waals surface area contributed by atoms with E-state index in [1.54, 1.807) is 10.9 Å². The highest BCUT2D eigenvalue weighted by molar-refractivity contribution is 6.30. The highest BCUT2D eigenvalue weighted by Crippen LogP contribution is 2.23. The molecule has 3 rings (SSSR count). The summed E-state index contributed by atoms with van der Waals surface area (Å²) in [5.74, 6) is -1.69. The predicted octanol–water partition coefficient (Wildman–Crippen LogP) is 1.41. The lowest BCUT2D eigenvalue weighted by Gasteiger charge is -2.14. The molecular formula is C17H16ClFN4O4. The van der Waals surface area contributed by atoms with Gasteiger partial charge in [-0.15, -0.1) is 0 Å². The number of halogens is 2. The number of nitrogens with one attached hydrogen (secondary N) is 1. The zero-order chi connectivity index (χ0) is 19.4. The van der Waals surface area contributed by atoms with Crippen molar-refractivity contribution in [1.29, 1.82) is 0 Å². The van der Waals surface area contributed by atoms with Gasteiger partial charge in [-0.25, -0.2) is 4.39 Å². The lowest BCUT2D eigenvalue weighted by atomic mass is 10.2. The summed E-state index contributed by atoms with van der Waals surface area (Å²) in [6, 6.07) is 4.10. The minimum Gasteiger partial charge on any atom is -0.489 e. The fraction of sp³-hybridized carbons (Fsp3) is 0.235. The number of hydrogen-bond donors (Lipinski definition) is 2. The molecule has 2 amide bonds. The number of benzene rings is 1. The van der Waals surface area contributed by atoms with Crippen LogP contribution in [0, 0.1) is 5.82 Å². The van der Waals surface area contributed by atoms with Gasteiger partial charge in [0.1, 0.15) is 12.3 Å². The van der Waals surface area contributed by atoms with E-state index in [0.717, 1.165) is 17.0 Å². The van der Waals surface area contributed by atoms with Crippen molar-refractivity contribution in [2.45, 2.75) is 6.54 Å². The van der Waals surface area contributed by atoms with Crippen LogP contribution in [0.15, 0.2) is 42.4 Å². The van der Waals surface area contributed by atoms with Gasteiger partial charge >= 0.3 is 0 Å². The molecule has 1 aromatic carbocycles. The second kappa shape index (κ2) is 8.19. The van der Waals surface area contributed by atoms with Crippen LogP contribution in [0.1, 0.15) is 0 Å². The number of carbonyl (C=O) groups is 2. The van der Waals surface area contributed by atoms with E-state index in [4.69, 9.17) is 21.4 Å². The van der Waals surface area contributed by atoms with Crippen molar-refractivity contribution >= 4 is 29.1 Å². The Labute approximate surface area is 158 Å². The predicted molar refractivity (Wildman–Crippen MR) is 94.6 cm³/mol. The second-order valence-electron chi connectivity index (χ2n) is 5.62. The van der Waals surface area contributed by atoms with Gasteiger partial charge in [0.15, 0.2) is 11.6 Å². The van der Waals surface area contributed by atoms with Gasteiger partial charge in [-0.3, -0.25) is 19.2 Å². The first-order valence-corrected chi connectivity index (χ1v) is 8.41. The molecule has 2 heterocycles. The van der Waals surface area contributed by atoms with E-state index in [-0.39, 0.29) is 36.9 Å². The third-order valence-corrected chi connectivity index (χ3v) is 3.92. The summed E-state index contributed by atoms with van der Waals surface area (Å²) in [5, 5.41) is 16.1. The monoisotopic (exact) mass is 394 g/mol. The molecule has 27 heavy (non-hydrogen) atoms. The first kappa shape index (κ1) is 18.9. The maximum atomic E-state index is 14.2. The Morgan fingerprint density at radius 1 is 1.30 bits per heavy atom. The lowest BCUT2D eigenvalue weighted by molar-refractivity contribution is -0.137. The molecule has 1 aromatic heterocycles.